The second-order valence-electron chi connectivity index (χ2n) is 8.44. The zero-order chi connectivity index (χ0) is 26.9. The number of halogens is 2. The van der Waals surface area contributed by atoms with E-state index in [4.69, 9.17) is 4.74 Å². The number of anilines is 1. The van der Waals surface area contributed by atoms with Crippen molar-refractivity contribution >= 4 is 17.5 Å². The second kappa shape index (κ2) is 12.5. The van der Waals surface area contributed by atoms with Gasteiger partial charge >= 0.3 is 6.03 Å². The molecule has 1 atom stereocenters. The van der Waals surface area contributed by atoms with Crippen molar-refractivity contribution in [3.05, 3.63) is 144 Å². The van der Waals surface area contributed by atoms with Crippen LogP contribution in [0.3, 0.4) is 0 Å². The lowest BCUT2D eigenvalue weighted by Crippen LogP contribution is -2.29. The number of ether oxygens (including phenoxy) is 1. The Morgan fingerprint density at radius 1 is 0.921 bits per heavy atom. The number of hydrogen-bond acceptors (Lipinski definition) is 3. The molecule has 4 aromatic carbocycles. The van der Waals surface area contributed by atoms with Crippen LogP contribution in [-0.4, -0.2) is 18.4 Å². The molecule has 192 valence electrons. The van der Waals surface area contributed by atoms with Crippen LogP contribution in [0.5, 0.6) is 5.75 Å². The van der Waals surface area contributed by atoms with Gasteiger partial charge in [0.15, 0.2) is 5.78 Å². The van der Waals surface area contributed by atoms with Gasteiger partial charge < -0.3 is 10.1 Å². The molecule has 38 heavy (non-hydrogen) atoms. The number of allylic oxidation sites excluding steroid dienone is 1. The molecule has 1 unspecified atom stereocenters. The standard InChI is InChI=1S/C22H19FN2O2.C9H7FO/c23-17-11-12-19(21(13-17)27-15-16-7-3-1-4-8-16)20-14-24-22(26)25(20)18-9-5-2-6-10-18;1-2-9(11)7-3-5-8(10)6-4-7/h1-13,20H,14-15H2,(H,24,26);2-6H,1H2. The van der Waals surface area contributed by atoms with Crippen LogP contribution < -0.4 is 15.0 Å². The predicted molar refractivity (Wildman–Crippen MR) is 143 cm³/mol. The molecule has 1 heterocycles. The molecule has 0 saturated carbocycles. The van der Waals surface area contributed by atoms with Gasteiger partial charge in [-0.3, -0.25) is 9.69 Å². The number of urea groups is 1. The first kappa shape index (κ1) is 26.3. The maximum absolute atomic E-state index is 13.9. The highest BCUT2D eigenvalue weighted by Gasteiger charge is 2.35. The molecule has 0 aliphatic carbocycles. The Hall–Kier alpha value is -4.78. The van der Waals surface area contributed by atoms with Crippen molar-refractivity contribution in [3.8, 4) is 5.75 Å². The highest BCUT2D eigenvalue weighted by Crippen LogP contribution is 2.36. The van der Waals surface area contributed by atoms with E-state index in [0.717, 1.165) is 16.8 Å². The summed E-state index contributed by atoms with van der Waals surface area (Å²) in [6.45, 7) is 4.08. The number of hydrogen-bond donors (Lipinski definition) is 1. The molecule has 7 heteroatoms. The van der Waals surface area contributed by atoms with Crippen LogP contribution >= 0.6 is 0 Å². The summed E-state index contributed by atoms with van der Waals surface area (Å²) in [5, 5.41) is 2.87. The molecule has 0 bridgehead atoms. The van der Waals surface area contributed by atoms with Gasteiger partial charge in [-0.2, -0.15) is 0 Å². The Labute approximate surface area is 220 Å². The van der Waals surface area contributed by atoms with E-state index < -0.39 is 0 Å². The molecule has 1 fully saturated rings. The zero-order valence-corrected chi connectivity index (χ0v) is 20.5. The average molecular weight is 513 g/mol. The summed E-state index contributed by atoms with van der Waals surface area (Å²) >= 11 is 0. The van der Waals surface area contributed by atoms with Gasteiger partial charge in [-0.1, -0.05) is 61.2 Å². The van der Waals surface area contributed by atoms with Crippen molar-refractivity contribution in [1.82, 2.24) is 5.32 Å². The minimum Gasteiger partial charge on any atom is -0.488 e. The molecule has 0 aromatic heterocycles. The molecule has 5 rings (SSSR count). The summed E-state index contributed by atoms with van der Waals surface area (Å²) in [6.07, 6.45) is 1.20. The van der Waals surface area contributed by atoms with E-state index in [9.17, 15) is 18.4 Å². The number of carbonyl (C=O) groups is 2. The van der Waals surface area contributed by atoms with Gasteiger partial charge in [0.1, 0.15) is 24.0 Å². The molecule has 0 spiro atoms. The third kappa shape index (κ3) is 6.50. The van der Waals surface area contributed by atoms with Gasteiger partial charge in [-0.25, -0.2) is 13.6 Å². The van der Waals surface area contributed by atoms with Crippen molar-refractivity contribution in [1.29, 1.82) is 0 Å². The topological polar surface area (TPSA) is 58.6 Å². The molecular weight excluding hydrogens is 486 g/mol. The van der Waals surface area contributed by atoms with Crippen LogP contribution in [0.25, 0.3) is 0 Å². The minimum absolute atomic E-state index is 0.176. The Bertz CT molecular complexity index is 1390. The molecular formula is C31H26F2N2O3. The summed E-state index contributed by atoms with van der Waals surface area (Å²) in [5.41, 5.74) is 3.01. The van der Waals surface area contributed by atoms with Gasteiger partial charge in [0.25, 0.3) is 0 Å². The van der Waals surface area contributed by atoms with E-state index >= 15 is 0 Å². The van der Waals surface area contributed by atoms with Crippen LogP contribution in [0, 0.1) is 11.6 Å². The summed E-state index contributed by atoms with van der Waals surface area (Å²) in [6, 6.07) is 28.5. The number of para-hydroxylation sites is 1. The SMILES string of the molecule is C=CC(=O)c1ccc(F)cc1.O=C1NCC(c2ccc(F)cc2OCc2ccccc2)N1c1ccccc1. The van der Waals surface area contributed by atoms with Gasteiger partial charge in [0, 0.05) is 29.4 Å². The van der Waals surface area contributed by atoms with E-state index in [1.54, 1.807) is 11.0 Å². The van der Waals surface area contributed by atoms with Crippen LogP contribution in [0.2, 0.25) is 0 Å². The lowest BCUT2D eigenvalue weighted by Gasteiger charge is -2.25. The maximum atomic E-state index is 13.9. The molecule has 1 saturated heterocycles. The molecule has 2 amide bonds. The van der Waals surface area contributed by atoms with Crippen molar-refractivity contribution < 1.29 is 23.1 Å². The first-order chi connectivity index (χ1) is 18.5. The smallest absolute Gasteiger partial charge is 0.322 e. The molecule has 4 aromatic rings. The zero-order valence-electron chi connectivity index (χ0n) is 20.5. The lowest BCUT2D eigenvalue weighted by molar-refractivity contribution is 0.104. The first-order valence-electron chi connectivity index (χ1n) is 12.0. The Morgan fingerprint density at radius 2 is 1.55 bits per heavy atom. The van der Waals surface area contributed by atoms with E-state index in [0.29, 0.717) is 24.5 Å². The fraction of sp³-hybridized carbons (Fsp3) is 0.0968. The number of amides is 2. The summed E-state index contributed by atoms with van der Waals surface area (Å²) in [7, 11) is 0. The quantitative estimate of drug-likeness (QED) is 0.217. The predicted octanol–water partition coefficient (Wildman–Crippen LogP) is 6.87. The van der Waals surface area contributed by atoms with E-state index in [-0.39, 0.29) is 29.5 Å². The van der Waals surface area contributed by atoms with Crippen molar-refractivity contribution in [2.75, 3.05) is 11.4 Å². The van der Waals surface area contributed by atoms with E-state index in [2.05, 4.69) is 11.9 Å². The van der Waals surface area contributed by atoms with Gasteiger partial charge in [-0.05, 0) is 54.1 Å². The fourth-order valence-corrected chi connectivity index (χ4v) is 4.01. The van der Waals surface area contributed by atoms with Crippen molar-refractivity contribution in [3.63, 3.8) is 0 Å². The summed E-state index contributed by atoms with van der Waals surface area (Å²) in [5.74, 6) is -0.456. The molecule has 5 nitrogen and oxygen atoms in total. The van der Waals surface area contributed by atoms with E-state index in [1.807, 2.05) is 60.7 Å². The van der Waals surface area contributed by atoms with Crippen LogP contribution in [-0.2, 0) is 6.61 Å². The average Bonchev–Trinajstić information content (AvgIpc) is 3.34. The minimum atomic E-state index is -0.370. The van der Waals surface area contributed by atoms with E-state index in [1.165, 1.54) is 42.5 Å². The first-order valence-corrected chi connectivity index (χ1v) is 12.0. The third-order valence-corrected chi connectivity index (χ3v) is 5.90. The molecule has 1 aliphatic heterocycles. The largest absolute Gasteiger partial charge is 0.488 e. The van der Waals surface area contributed by atoms with Crippen LogP contribution in [0.1, 0.15) is 27.5 Å². The number of nitrogens with one attached hydrogen (secondary N) is 1. The van der Waals surface area contributed by atoms with Crippen molar-refractivity contribution in [2.45, 2.75) is 12.6 Å². The highest BCUT2D eigenvalue weighted by molar-refractivity contribution is 6.04. The normalized spacial score (nSPS) is 14.2. The summed E-state index contributed by atoms with van der Waals surface area (Å²) in [4.78, 5) is 25.0. The Kier molecular flexibility index (Phi) is 8.61. The molecule has 1 aliphatic rings. The van der Waals surface area contributed by atoms with Crippen LogP contribution in [0.4, 0.5) is 19.3 Å². The number of rotatable bonds is 7. The van der Waals surface area contributed by atoms with Crippen molar-refractivity contribution in [2.24, 2.45) is 0 Å². The van der Waals surface area contributed by atoms with Crippen LogP contribution in [0.15, 0.2) is 116 Å². The molecule has 0 radical (unpaired) electrons. The molecule has 1 N–H and O–H groups in total. The second-order valence-corrected chi connectivity index (χ2v) is 8.44. The highest BCUT2D eigenvalue weighted by atomic mass is 19.1. The number of benzene rings is 4. The number of ketones is 1. The summed E-state index contributed by atoms with van der Waals surface area (Å²) < 4.78 is 32.1. The van der Waals surface area contributed by atoms with Gasteiger partial charge in [0.05, 0.1) is 6.04 Å². The maximum Gasteiger partial charge on any atom is 0.322 e. The monoisotopic (exact) mass is 512 g/mol. The fourth-order valence-electron chi connectivity index (χ4n) is 4.01. The number of carbonyl (C=O) groups excluding carboxylic acids is 2. The van der Waals surface area contributed by atoms with Gasteiger partial charge in [0.2, 0.25) is 0 Å². The Balaban J connectivity index is 0.000000257. The van der Waals surface area contributed by atoms with Gasteiger partial charge in [-0.15, -0.1) is 0 Å². The number of nitrogens with zero attached hydrogens (tertiary/aromatic N) is 1. The third-order valence-electron chi connectivity index (χ3n) is 5.90. The lowest BCUT2D eigenvalue weighted by atomic mass is 10.0. The Morgan fingerprint density at radius 3 is 2.21 bits per heavy atom.